The standard InChI is InChI=1S/C8H20NO5P.C7H18NO5P/c1-8(10)14-15(11,12)13-7-5-3-2-4-6-9;8-5-3-1-2-4-6-12-14(10,11)13-7-9/h8,10H,2-7,9H2,1H3,(H,11,12);9H,1-8H2,(H,10,11)/p-2. The van der Waals surface area contributed by atoms with Gasteiger partial charge in [0.2, 0.25) is 0 Å². The van der Waals surface area contributed by atoms with Crippen molar-refractivity contribution in [2.75, 3.05) is 33.1 Å². The highest BCUT2D eigenvalue weighted by molar-refractivity contribution is 7.46. The number of aliphatic hydroxyl groups excluding tert-OH is 2. The molecule has 12 nitrogen and oxygen atoms in total. The first-order chi connectivity index (χ1) is 13.6. The number of rotatable bonds is 18. The van der Waals surface area contributed by atoms with Gasteiger partial charge < -0.3 is 40.5 Å². The smallest absolute Gasteiger partial charge is 0.270 e. The molecule has 29 heavy (non-hydrogen) atoms. The molecule has 3 atom stereocenters. The molecule has 3 unspecified atom stereocenters. The Morgan fingerprint density at radius 3 is 1.59 bits per heavy atom. The lowest BCUT2D eigenvalue weighted by Crippen LogP contribution is -2.14. The molecule has 0 saturated heterocycles. The maximum atomic E-state index is 10.9. The molecule has 0 aromatic rings. The predicted molar refractivity (Wildman–Crippen MR) is 103 cm³/mol. The number of phosphoric ester groups is 2. The molecule has 0 aliphatic rings. The first kappa shape index (κ1) is 31.2. The lowest BCUT2D eigenvalue weighted by molar-refractivity contribution is -0.239. The molecule has 0 rings (SSSR count). The van der Waals surface area contributed by atoms with E-state index in [9.17, 15) is 18.9 Å². The Morgan fingerprint density at radius 2 is 1.21 bits per heavy atom. The van der Waals surface area contributed by atoms with Gasteiger partial charge in [-0.1, -0.05) is 25.7 Å². The highest BCUT2D eigenvalue weighted by Crippen LogP contribution is 2.39. The lowest BCUT2D eigenvalue weighted by Gasteiger charge is -2.23. The Kier molecular flexibility index (Phi) is 21.5. The molecule has 0 amide bonds. The summed E-state index contributed by atoms with van der Waals surface area (Å²) in [7, 11) is -8.60. The Labute approximate surface area is 172 Å². The highest BCUT2D eigenvalue weighted by atomic mass is 31.2. The molecule has 0 heterocycles. The average molecular weight is 466 g/mol. The molecule has 0 aromatic carbocycles. The Hall–Kier alpha value is 0.0600. The van der Waals surface area contributed by atoms with Crippen molar-refractivity contribution in [3.05, 3.63) is 0 Å². The summed E-state index contributed by atoms with van der Waals surface area (Å²) in [6.45, 7) is 1.78. The topological polar surface area (TPSA) is 210 Å². The molecule has 0 aromatic heterocycles. The third-order valence-corrected chi connectivity index (χ3v) is 5.19. The van der Waals surface area contributed by atoms with Crippen LogP contribution in [0.25, 0.3) is 0 Å². The van der Waals surface area contributed by atoms with E-state index in [0.29, 0.717) is 25.9 Å². The zero-order chi connectivity index (χ0) is 22.6. The van der Waals surface area contributed by atoms with E-state index in [2.05, 4.69) is 18.1 Å². The van der Waals surface area contributed by atoms with Crippen molar-refractivity contribution in [3.8, 4) is 0 Å². The molecule has 14 heteroatoms. The summed E-state index contributed by atoms with van der Waals surface area (Å²) in [5.74, 6) is 0. The third kappa shape index (κ3) is 26.0. The van der Waals surface area contributed by atoms with Gasteiger partial charge >= 0.3 is 0 Å². The van der Waals surface area contributed by atoms with Crippen molar-refractivity contribution in [2.45, 2.75) is 64.6 Å². The van der Waals surface area contributed by atoms with Gasteiger partial charge in [0.05, 0.1) is 13.2 Å². The van der Waals surface area contributed by atoms with Crippen LogP contribution in [0.5, 0.6) is 0 Å². The summed E-state index contributed by atoms with van der Waals surface area (Å²) in [4.78, 5) is 21.7. The number of hydrogen-bond donors (Lipinski definition) is 4. The predicted octanol–water partition coefficient (Wildman–Crippen LogP) is 0.302. The van der Waals surface area contributed by atoms with E-state index in [0.717, 1.165) is 38.5 Å². The van der Waals surface area contributed by atoms with E-state index in [1.165, 1.54) is 6.92 Å². The third-order valence-electron chi connectivity index (χ3n) is 3.19. The van der Waals surface area contributed by atoms with Gasteiger partial charge in [-0.05, 0) is 45.7 Å². The number of nitrogens with two attached hydrogens (primary N) is 2. The van der Waals surface area contributed by atoms with E-state index in [4.69, 9.17) is 21.7 Å². The van der Waals surface area contributed by atoms with Crippen molar-refractivity contribution in [3.63, 3.8) is 0 Å². The average Bonchev–Trinajstić information content (AvgIpc) is 2.60. The van der Waals surface area contributed by atoms with Crippen LogP contribution in [-0.4, -0.2) is 49.6 Å². The molecule has 0 aliphatic carbocycles. The number of phosphoric acid groups is 2. The molecular weight excluding hydrogens is 430 g/mol. The van der Waals surface area contributed by atoms with Crippen LogP contribution in [-0.2, 0) is 27.2 Å². The van der Waals surface area contributed by atoms with Gasteiger partial charge in [-0.15, -0.1) is 0 Å². The van der Waals surface area contributed by atoms with Gasteiger partial charge in [-0.2, -0.15) is 0 Å². The molecule has 178 valence electrons. The molecule has 0 bridgehead atoms. The molecule has 0 saturated carbocycles. The first-order valence-electron chi connectivity index (χ1n) is 9.53. The van der Waals surface area contributed by atoms with Gasteiger partial charge in [0.1, 0.15) is 0 Å². The maximum Gasteiger partial charge on any atom is 0.270 e. The Bertz CT molecular complexity index is 457. The second-order valence-corrected chi connectivity index (χ2v) is 8.70. The van der Waals surface area contributed by atoms with Crippen LogP contribution < -0.4 is 21.3 Å². The van der Waals surface area contributed by atoms with Crippen LogP contribution in [0, 0.1) is 0 Å². The zero-order valence-electron chi connectivity index (χ0n) is 17.0. The number of aliphatic hydroxyl groups is 2. The minimum Gasteiger partial charge on any atom is -0.756 e. The summed E-state index contributed by atoms with van der Waals surface area (Å²) in [5.41, 5.74) is 10.6. The summed E-state index contributed by atoms with van der Waals surface area (Å²) < 4.78 is 38.7. The fraction of sp³-hybridized carbons (Fsp3) is 1.00. The Morgan fingerprint density at radius 1 is 0.793 bits per heavy atom. The van der Waals surface area contributed by atoms with Crippen molar-refractivity contribution in [1.29, 1.82) is 0 Å². The van der Waals surface area contributed by atoms with Crippen LogP contribution in [0.15, 0.2) is 0 Å². The molecule has 0 fully saturated rings. The zero-order valence-corrected chi connectivity index (χ0v) is 18.8. The van der Waals surface area contributed by atoms with Crippen LogP contribution in [0.1, 0.15) is 58.3 Å². The van der Waals surface area contributed by atoms with Crippen LogP contribution >= 0.6 is 15.6 Å². The van der Waals surface area contributed by atoms with Crippen LogP contribution in [0.3, 0.4) is 0 Å². The summed E-state index contributed by atoms with van der Waals surface area (Å²) in [5, 5.41) is 16.9. The minimum atomic E-state index is -4.33. The summed E-state index contributed by atoms with van der Waals surface area (Å²) >= 11 is 0. The minimum absolute atomic E-state index is 0.0814. The molecule has 6 N–H and O–H groups in total. The number of unbranched alkanes of at least 4 members (excludes halogenated alkanes) is 6. The van der Waals surface area contributed by atoms with E-state index < -0.39 is 28.7 Å². The fourth-order valence-electron chi connectivity index (χ4n) is 1.88. The maximum absolute atomic E-state index is 10.9. The lowest BCUT2D eigenvalue weighted by atomic mass is 10.2. The fourth-order valence-corrected chi connectivity index (χ4v) is 3.23. The van der Waals surface area contributed by atoms with Gasteiger partial charge in [0.25, 0.3) is 15.6 Å². The van der Waals surface area contributed by atoms with E-state index >= 15 is 0 Å². The molecule has 0 aliphatic heterocycles. The second-order valence-electron chi connectivity index (χ2n) is 5.93. The highest BCUT2D eigenvalue weighted by Gasteiger charge is 2.11. The summed E-state index contributed by atoms with van der Waals surface area (Å²) in [6, 6.07) is 0. The van der Waals surface area contributed by atoms with E-state index in [1.807, 2.05) is 0 Å². The normalized spacial score (nSPS) is 16.4. The van der Waals surface area contributed by atoms with Gasteiger partial charge in [0, 0.05) is 0 Å². The van der Waals surface area contributed by atoms with Gasteiger partial charge in [-0.3, -0.25) is 18.2 Å². The van der Waals surface area contributed by atoms with Crippen molar-refractivity contribution in [1.82, 2.24) is 0 Å². The van der Waals surface area contributed by atoms with Crippen molar-refractivity contribution in [2.24, 2.45) is 11.5 Å². The van der Waals surface area contributed by atoms with Gasteiger partial charge in [-0.25, -0.2) is 0 Å². The van der Waals surface area contributed by atoms with E-state index in [-0.39, 0.29) is 13.2 Å². The van der Waals surface area contributed by atoms with E-state index in [1.54, 1.807) is 0 Å². The molecule has 0 spiro atoms. The van der Waals surface area contributed by atoms with Gasteiger partial charge in [0.15, 0.2) is 13.1 Å². The van der Waals surface area contributed by atoms with Crippen LogP contribution in [0.2, 0.25) is 0 Å². The van der Waals surface area contributed by atoms with Crippen LogP contribution in [0.4, 0.5) is 0 Å². The molecule has 0 radical (unpaired) electrons. The number of hydrogen-bond acceptors (Lipinski definition) is 12. The monoisotopic (exact) mass is 466 g/mol. The quantitative estimate of drug-likeness (QED) is 0.122. The summed E-state index contributed by atoms with van der Waals surface area (Å²) in [6.07, 6.45) is 5.43. The largest absolute Gasteiger partial charge is 0.756 e. The SMILES string of the molecule is CC(O)OP(=O)([O-])OCCCCCCN.NCCCCCCOP(=O)([O-])OCO. The first-order valence-corrected chi connectivity index (χ1v) is 12.5. The van der Waals surface area contributed by atoms with Crippen molar-refractivity contribution >= 4 is 15.6 Å². The molecular formula is C15H36N2O10P2-2. The van der Waals surface area contributed by atoms with Crippen molar-refractivity contribution < 1.29 is 47.2 Å². The second kappa shape index (κ2) is 20.0. The Balaban J connectivity index is 0.